The van der Waals surface area contributed by atoms with Gasteiger partial charge >= 0.3 is 0 Å². The van der Waals surface area contributed by atoms with Crippen LogP contribution in [0.3, 0.4) is 0 Å². The predicted octanol–water partition coefficient (Wildman–Crippen LogP) is 4.12. The van der Waals surface area contributed by atoms with Crippen LogP contribution >= 0.6 is 23.4 Å². The minimum absolute atomic E-state index is 0.0371. The molecule has 2 rings (SSSR count). The standard InChI is InChI=1S/C13H10ClFOS/c14-12-6-9(8-16)4-5-13(12)17-11-3-1-2-10(15)7-11/h1-7,16H,8H2. The van der Waals surface area contributed by atoms with Gasteiger partial charge in [-0.05, 0) is 35.9 Å². The molecule has 2 aromatic rings. The SMILES string of the molecule is OCc1ccc(Sc2cccc(F)c2)c(Cl)c1. The number of aliphatic hydroxyl groups is 1. The largest absolute Gasteiger partial charge is 0.392 e. The third-order valence-electron chi connectivity index (χ3n) is 2.20. The van der Waals surface area contributed by atoms with Crippen molar-refractivity contribution >= 4 is 23.4 Å². The van der Waals surface area contributed by atoms with Gasteiger partial charge in [0, 0.05) is 9.79 Å². The average molecular weight is 269 g/mol. The van der Waals surface area contributed by atoms with E-state index < -0.39 is 0 Å². The second-order valence-electron chi connectivity index (χ2n) is 3.48. The average Bonchev–Trinajstić information content (AvgIpc) is 2.32. The molecule has 1 nitrogen and oxygen atoms in total. The van der Waals surface area contributed by atoms with Gasteiger partial charge < -0.3 is 5.11 Å². The fraction of sp³-hybridized carbons (Fsp3) is 0.0769. The molecule has 0 bridgehead atoms. The molecule has 88 valence electrons. The lowest BCUT2D eigenvalue weighted by Gasteiger charge is -2.05. The zero-order valence-corrected chi connectivity index (χ0v) is 10.4. The summed E-state index contributed by atoms with van der Waals surface area (Å²) < 4.78 is 13.0. The van der Waals surface area contributed by atoms with Crippen LogP contribution in [-0.2, 0) is 6.61 Å². The first-order valence-corrected chi connectivity index (χ1v) is 6.21. The summed E-state index contributed by atoms with van der Waals surface area (Å²) in [5.74, 6) is -0.266. The van der Waals surface area contributed by atoms with E-state index in [1.807, 2.05) is 12.1 Å². The summed E-state index contributed by atoms with van der Waals surface area (Å²) in [6.45, 7) is -0.0371. The number of halogens is 2. The van der Waals surface area contributed by atoms with Gasteiger partial charge in [-0.1, -0.05) is 35.5 Å². The van der Waals surface area contributed by atoms with Crippen molar-refractivity contribution in [1.82, 2.24) is 0 Å². The zero-order chi connectivity index (χ0) is 12.3. The molecule has 2 aromatic carbocycles. The Morgan fingerprint density at radius 3 is 2.65 bits per heavy atom. The molecule has 0 aliphatic rings. The predicted molar refractivity (Wildman–Crippen MR) is 67.9 cm³/mol. The van der Waals surface area contributed by atoms with Gasteiger partial charge in [0.25, 0.3) is 0 Å². The topological polar surface area (TPSA) is 20.2 Å². The Morgan fingerprint density at radius 1 is 1.18 bits per heavy atom. The van der Waals surface area contributed by atoms with E-state index in [9.17, 15) is 4.39 Å². The quantitative estimate of drug-likeness (QED) is 0.903. The van der Waals surface area contributed by atoms with Crippen LogP contribution < -0.4 is 0 Å². The molecule has 0 amide bonds. The number of aliphatic hydroxyl groups excluding tert-OH is 1. The van der Waals surface area contributed by atoms with Crippen LogP contribution in [0.25, 0.3) is 0 Å². The first-order chi connectivity index (χ1) is 8.19. The van der Waals surface area contributed by atoms with E-state index in [0.717, 1.165) is 15.4 Å². The van der Waals surface area contributed by atoms with E-state index in [1.165, 1.54) is 23.9 Å². The van der Waals surface area contributed by atoms with E-state index in [-0.39, 0.29) is 12.4 Å². The molecule has 0 aromatic heterocycles. The summed E-state index contributed by atoms with van der Waals surface area (Å²) in [7, 11) is 0. The first kappa shape index (κ1) is 12.4. The summed E-state index contributed by atoms with van der Waals surface area (Å²) in [5, 5.41) is 9.52. The van der Waals surface area contributed by atoms with Gasteiger partial charge in [-0.15, -0.1) is 0 Å². The van der Waals surface area contributed by atoms with Gasteiger partial charge in [-0.2, -0.15) is 0 Å². The highest BCUT2D eigenvalue weighted by Gasteiger charge is 2.04. The Hall–Kier alpha value is -1.03. The van der Waals surface area contributed by atoms with Crippen LogP contribution in [0.15, 0.2) is 52.3 Å². The second kappa shape index (κ2) is 5.54. The van der Waals surface area contributed by atoms with E-state index in [2.05, 4.69) is 0 Å². The van der Waals surface area contributed by atoms with E-state index >= 15 is 0 Å². The summed E-state index contributed by atoms with van der Waals surface area (Å²) in [5.41, 5.74) is 0.763. The zero-order valence-electron chi connectivity index (χ0n) is 8.86. The van der Waals surface area contributed by atoms with Crippen molar-refractivity contribution in [3.05, 3.63) is 58.9 Å². The lowest BCUT2D eigenvalue weighted by molar-refractivity contribution is 0.282. The maximum Gasteiger partial charge on any atom is 0.124 e. The van der Waals surface area contributed by atoms with Crippen LogP contribution in [-0.4, -0.2) is 5.11 Å². The molecule has 0 atom stereocenters. The van der Waals surface area contributed by atoms with Gasteiger partial charge in [0.1, 0.15) is 5.82 Å². The summed E-state index contributed by atoms with van der Waals surface area (Å²) in [6.07, 6.45) is 0. The number of benzene rings is 2. The molecule has 1 N–H and O–H groups in total. The second-order valence-corrected chi connectivity index (χ2v) is 5.00. The van der Waals surface area contributed by atoms with Crippen molar-refractivity contribution in [2.45, 2.75) is 16.4 Å². The summed E-state index contributed by atoms with van der Waals surface area (Å²) in [4.78, 5) is 1.64. The Morgan fingerprint density at radius 2 is 2.00 bits per heavy atom. The lowest BCUT2D eigenvalue weighted by atomic mass is 10.2. The minimum atomic E-state index is -0.266. The molecule has 4 heteroatoms. The Labute approximate surface area is 108 Å². The van der Waals surface area contributed by atoms with Crippen LogP contribution in [0, 0.1) is 5.82 Å². The fourth-order valence-electron chi connectivity index (χ4n) is 1.38. The van der Waals surface area contributed by atoms with Crippen molar-refractivity contribution in [3.63, 3.8) is 0 Å². The monoisotopic (exact) mass is 268 g/mol. The van der Waals surface area contributed by atoms with Gasteiger partial charge in [0.05, 0.1) is 11.6 Å². The molecule has 0 spiro atoms. The maximum atomic E-state index is 13.0. The normalized spacial score (nSPS) is 10.5. The molecule has 0 unspecified atom stereocenters. The molecular formula is C13H10ClFOS. The van der Waals surface area contributed by atoms with Gasteiger partial charge in [0.15, 0.2) is 0 Å². The highest BCUT2D eigenvalue weighted by atomic mass is 35.5. The first-order valence-electron chi connectivity index (χ1n) is 5.02. The summed E-state index contributed by atoms with van der Waals surface area (Å²) in [6, 6.07) is 11.7. The van der Waals surface area contributed by atoms with E-state index in [4.69, 9.17) is 16.7 Å². The third-order valence-corrected chi connectivity index (χ3v) is 3.69. The van der Waals surface area contributed by atoms with Crippen LogP contribution in [0.4, 0.5) is 4.39 Å². The van der Waals surface area contributed by atoms with Crippen molar-refractivity contribution in [2.75, 3.05) is 0 Å². The number of hydrogen-bond donors (Lipinski definition) is 1. The van der Waals surface area contributed by atoms with Crippen molar-refractivity contribution in [2.24, 2.45) is 0 Å². The van der Waals surface area contributed by atoms with Gasteiger partial charge in [-0.25, -0.2) is 4.39 Å². The van der Waals surface area contributed by atoms with Crippen LogP contribution in [0.2, 0.25) is 5.02 Å². The smallest absolute Gasteiger partial charge is 0.124 e. The number of rotatable bonds is 3. The highest BCUT2D eigenvalue weighted by Crippen LogP contribution is 2.33. The Kier molecular flexibility index (Phi) is 4.05. The third kappa shape index (κ3) is 3.22. The van der Waals surface area contributed by atoms with Crippen LogP contribution in [0.1, 0.15) is 5.56 Å². The van der Waals surface area contributed by atoms with Crippen LogP contribution in [0.5, 0.6) is 0 Å². The molecule has 0 radical (unpaired) electrons. The van der Waals surface area contributed by atoms with Crippen molar-refractivity contribution in [1.29, 1.82) is 0 Å². The molecule has 0 heterocycles. The van der Waals surface area contributed by atoms with Crippen molar-refractivity contribution in [3.8, 4) is 0 Å². The highest BCUT2D eigenvalue weighted by molar-refractivity contribution is 7.99. The molecule has 0 saturated heterocycles. The lowest BCUT2D eigenvalue weighted by Crippen LogP contribution is -1.84. The number of hydrogen-bond acceptors (Lipinski definition) is 2. The van der Waals surface area contributed by atoms with Gasteiger partial charge in [-0.3, -0.25) is 0 Å². The Balaban J connectivity index is 2.24. The molecule has 17 heavy (non-hydrogen) atoms. The summed E-state index contributed by atoms with van der Waals surface area (Å²) >= 11 is 7.47. The molecule has 0 fully saturated rings. The molecule has 0 aliphatic heterocycles. The molecule has 0 aliphatic carbocycles. The van der Waals surface area contributed by atoms with Crippen molar-refractivity contribution < 1.29 is 9.50 Å². The molecule has 0 saturated carbocycles. The van der Waals surface area contributed by atoms with Gasteiger partial charge in [0.2, 0.25) is 0 Å². The maximum absolute atomic E-state index is 13.0. The Bertz CT molecular complexity index is 531. The van der Waals surface area contributed by atoms with E-state index in [1.54, 1.807) is 18.2 Å². The fourth-order valence-corrected chi connectivity index (χ4v) is 2.57. The molecular weight excluding hydrogens is 259 g/mol. The van der Waals surface area contributed by atoms with E-state index in [0.29, 0.717) is 5.02 Å². The minimum Gasteiger partial charge on any atom is -0.392 e.